The van der Waals surface area contributed by atoms with Gasteiger partial charge in [-0.05, 0) is 25.2 Å². The van der Waals surface area contributed by atoms with E-state index in [1.165, 1.54) is 12.0 Å². The Morgan fingerprint density at radius 1 is 1.33 bits per heavy atom. The van der Waals surface area contributed by atoms with Crippen molar-refractivity contribution in [1.82, 2.24) is 4.90 Å². The Balaban J connectivity index is 1.84. The van der Waals surface area contributed by atoms with E-state index in [2.05, 4.69) is 0 Å². The third-order valence-electron chi connectivity index (χ3n) is 4.19. The van der Waals surface area contributed by atoms with E-state index >= 15 is 0 Å². The number of hydrogen-bond acceptors (Lipinski definition) is 5. The van der Waals surface area contributed by atoms with Gasteiger partial charge in [0.15, 0.2) is 5.75 Å². The molecule has 1 amide bonds. The van der Waals surface area contributed by atoms with Crippen LogP contribution in [0.5, 0.6) is 5.75 Å². The molecule has 0 aromatic heterocycles. The van der Waals surface area contributed by atoms with Gasteiger partial charge in [0.25, 0.3) is 10.9 Å². The van der Waals surface area contributed by atoms with Crippen LogP contribution in [0, 0.1) is 5.92 Å². The van der Waals surface area contributed by atoms with Crippen molar-refractivity contribution in [2.24, 2.45) is 5.92 Å². The minimum absolute atomic E-state index is 0.142. The molecule has 1 fully saturated rings. The Morgan fingerprint density at radius 3 is 2.48 bits per heavy atom. The smallest absolute Gasteiger partial charge is 0.407 e. The quantitative estimate of drug-likeness (QED) is 0.797. The van der Waals surface area contributed by atoms with Gasteiger partial charge in [-0.25, -0.2) is 4.79 Å². The van der Waals surface area contributed by atoms with Crippen molar-refractivity contribution in [1.29, 1.82) is 0 Å². The van der Waals surface area contributed by atoms with Crippen molar-refractivity contribution in [3.63, 3.8) is 0 Å². The Hall–Kier alpha value is -2.05. The maximum absolute atomic E-state index is 11.5. The highest BCUT2D eigenvalue weighted by atomic mass is 16.5. The van der Waals surface area contributed by atoms with E-state index < -0.39 is 17.0 Å². The van der Waals surface area contributed by atoms with Crippen molar-refractivity contribution < 1.29 is 14.6 Å². The zero-order chi connectivity index (χ0) is 15.6. The number of likely N-dealkylation sites (tertiary alicyclic amines) is 1. The third-order valence-corrected chi connectivity index (χ3v) is 4.19. The zero-order valence-electron chi connectivity index (χ0n) is 12.3. The number of hydrogen-bond donors (Lipinski definition) is 1. The van der Waals surface area contributed by atoms with E-state index in [1.807, 2.05) is 0 Å². The van der Waals surface area contributed by atoms with Crippen molar-refractivity contribution in [3.05, 3.63) is 20.4 Å². The molecule has 1 aromatic carbocycles. The highest BCUT2D eigenvalue weighted by Gasteiger charge is 2.26. The Kier molecular flexibility index (Phi) is 4.50. The summed E-state index contributed by atoms with van der Waals surface area (Å²) in [5.41, 5.74) is -0.699. The van der Waals surface area contributed by atoms with Gasteiger partial charge in [0.2, 0.25) is 0 Å². The number of carbonyl (C=O) groups is 1. The van der Waals surface area contributed by atoms with Crippen molar-refractivity contribution in [2.75, 3.05) is 38.7 Å². The summed E-state index contributed by atoms with van der Waals surface area (Å²) in [6, 6.07) is 0. The maximum Gasteiger partial charge on any atom is 0.407 e. The number of amides is 1. The molecule has 1 N–H and O–H groups in total. The molecule has 0 radical (unpaired) electrons. The minimum atomic E-state index is -0.862. The van der Waals surface area contributed by atoms with Crippen LogP contribution in [0.15, 0.2) is 9.59 Å². The molecule has 0 atom stereocenters. The topological polar surface area (TPSA) is 87.2 Å². The molecule has 0 spiro atoms. The van der Waals surface area contributed by atoms with E-state index in [9.17, 15) is 14.4 Å². The fourth-order valence-corrected chi connectivity index (χ4v) is 2.80. The van der Waals surface area contributed by atoms with Gasteiger partial charge in [-0.1, -0.05) is 0 Å². The molecule has 0 aliphatic carbocycles. The second-order valence-electron chi connectivity index (χ2n) is 5.46. The van der Waals surface area contributed by atoms with Gasteiger partial charge >= 0.3 is 6.09 Å². The van der Waals surface area contributed by atoms with Crippen LogP contribution < -0.4 is 20.5 Å². The first kappa shape index (κ1) is 15.3. The van der Waals surface area contributed by atoms with Crippen LogP contribution in [-0.4, -0.2) is 49.9 Å². The lowest BCUT2D eigenvalue weighted by Gasteiger charge is -2.31. The molecule has 21 heavy (non-hydrogen) atoms. The van der Waals surface area contributed by atoms with Gasteiger partial charge in [-0.2, -0.15) is 0 Å². The third kappa shape index (κ3) is 3.01. The monoisotopic (exact) mass is 296 g/mol. The summed E-state index contributed by atoms with van der Waals surface area (Å²) in [7, 11) is 3.15. The fraction of sp³-hybridized carbons (Fsp3) is 0.643. The number of anilines is 1. The normalized spacial score (nSPS) is 16.2. The molecule has 1 aromatic rings. The van der Waals surface area contributed by atoms with Crippen LogP contribution in [0.2, 0.25) is 0 Å². The lowest BCUT2D eigenvalue weighted by atomic mass is 9.93. The van der Waals surface area contributed by atoms with Crippen LogP contribution in [-0.2, 0) is 0 Å². The van der Waals surface area contributed by atoms with E-state index in [0.717, 1.165) is 19.3 Å². The summed E-state index contributed by atoms with van der Waals surface area (Å²) in [6.07, 6.45) is 1.68. The molecule has 1 aliphatic heterocycles. The van der Waals surface area contributed by atoms with E-state index in [1.54, 1.807) is 11.9 Å². The van der Waals surface area contributed by atoms with Gasteiger partial charge in [0.1, 0.15) is 5.69 Å². The molecule has 2 rings (SSSR count). The summed E-state index contributed by atoms with van der Waals surface area (Å²) in [6.45, 7) is 1.78. The van der Waals surface area contributed by atoms with Crippen LogP contribution in [0.25, 0.3) is 0 Å². The lowest BCUT2D eigenvalue weighted by molar-refractivity contribution is 0.123. The van der Waals surface area contributed by atoms with Gasteiger partial charge in [0.05, 0.1) is 7.11 Å². The predicted molar refractivity (Wildman–Crippen MR) is 78.1 cm³/mol. The van der Waals surface area contributed by atoms with Gasteiger partial charge in [-0.3, -0.25) is 9.59 Å². The molecule has 0 unspecified atom stereocenters. The number of piperidine rings is 1. The summed E-state index contributed by atoms with van der Waals surface area (Å²) in [5, 5.41) is 8.89. The predicted octanol–water partition coefficient (Wildman–Crippen LogP) is 0.507. The molecular formula is C14H20N2O5. The highest BCUT2D eigenvalue weighted by Crippen LogP contribution is 2.24. The maximum atomic E-state index is 11.5. The highest BCUT2D eigenvalue weighted by molar-refractivity contribution is 5.65. The first-order valence-electron chi connectivity index (χ1n) is 7.02. The standard InChI is InChI=1S/C14H20N2O5/c1-15(10-11(17)12(18)13(10)21-2)6-3-9-4-7-16(8-5-9)14(19)20/h9H,3-8H2,1-2H3,(H,19,20). The summed E-state index contributed by atoms with van der Waals surface area (Å²) in [4.78, 5) is 36.8. The molecule has 7 nitrogen and oxygen atoms in total. The molecule has 1 heterocycles. The fourth-order valence-electron chi connectivity index (χ4n) is 2.80. The van der Waals surface area contributed by atoms with Crippen molar-refractivity contribution >= 4 is 11.8 Å². The second kappa shape index (κ2) is 6.15. The molecule has 0 bridgehead atoms. The van der Waals surface area contributed by atoms with Crippen LogP contribution in [0.3, 0.4) is 0 Å². The Morgan fingerprint density at radius 2 is 1.95 bits per heavy atom. The molecule has 7 heteroatoms. The summed E-state index contributed by atoms with van der Waals surface area (Å²) in [5.74, 6) is 0.587. The van der Waals surface area contributed by atoms with Gasteiger partial charge in [0, 0.05) is 26.7 Å². The summed E-state index contributed by atoms with van der Waals surface area (Å²) < 4.78 is 4.93. The average molecular weight is 296 g/mol. The number of ether oxygens (including phenoxy) is 1. The number of carboxylic acid groups (broad SMARTS) is 1. The zero-order valence-corrected chi connectivity index (χ0v) is 12.3. The van der Waals surface area contributed by atoms with Crippen LogP contribution in [0.4, 0.5) is 10.5 Å². The molecule has 1 saturated heterocycles. The summed E-state index contributed by atoms with van der Waals surface area (Å²) >= 11 is 0. The van der Waals surface area contributed by atoms with Gasteiger partial charge in [-0.15, -0.1) is 0 Å². The molecule has 116 valence electrons. The first-order valence-corrected chi connectivity index (χ1v) is 7.02. The number of rotatable bonds is 5. The number of nitrogens with zero attached hydrogens (tertiary/aromatic N) is 2. The SMILES string of the molecule is COc1c(N(C)CCC2CCN(C(=O)O)CC2)c(=O)c1=O. The number of methoxy groups -OCH3 is 1. The Bertz CT molecular complexity index is 582. The van der Waals surface area contributed by atoms with E-state index in [-0.39, 0.29) is 5.75 Å². The minimum Gasteiger partial charge on any atom is -0.491 e. The van der Waals surface area contributed by atoms with E-state index in [4.69, 9.17) is 9.84 Å². The van der Waals surface area contributed by atoms with Gasteiger partial charge < -0.3 is 19.6 Å². The first-order chi connectivity index (χ1) is 9.95. The molecular weight excluding hydrogens is 276 g/mol. The van der Waals surface area contributed by atoms with Crippen LogP contribution in [0.1, 0.15) is 19.3 Å². The Labute approximate surface area is 122 Å². The lowest BCUT2D eigenvalue weighted by Crippen LogP contribution is -2.41. The molecule has 1 aliphatic rings. The van der Waals surface area contributed by atoms with Crippen LogP contribution >= 0.6 is 0 Å². The molecule has 0 saturated carbocycles. The van der Waals surface area contributed by atoms with E-state index in [0.29, 0.717) is 31.2 Å². The average Bonchev–Trinajstić information content (AvgIpc) is 2.49. The van der Waals surface area contributed by atoms with Crippen molar-refractivity contribution in [3.8, 4) is 5.75 Å². The second-order valence-corrected chi connectivity index (χ2v) is 5.46. The largest absolute Gasteiger partial charge is 0.491 e. The van der Waals surface area contributed by atoms with Crippen molar-refractivity contribution in [2.45, 2.75) is 19.3 Å².